The summed E-state index contributed by atoms with van der Waals surface area (Å²) < 4.78 is 0. The summed E-state index contributed by atoms with van der Waals surface area (Å²) in [6.07, 6.45) is 10.0. The van der Waals surface area contributed by atoms with E-state index in [0.29, 0.717) is 28.1 Å². The highest BCUT2D eigenvalue weighted by atomic mass is 16.3. The van der Waals surface area contributed by atoms with E-state index in [9.17, 15) is 5.11 Å². The lowest BCUT2D eigenvalue weighted by Gasteiger charge is -2.45. The molecule has 0 aliphatic heterocycles. The van der Waals surface area contributed by atoms with Crippen molar-refractivity contribution in [1.29, 1.82) is 0 Å². The second-order valence-electron chi connectivity index (χ2n) is 10.1. The van der Waals surface area contributed by atoms with Gasteiger partial charge in [0.05, 0.1) is 11.9 Å². The molecule has 31 heavy (non-hydrogen) atoms. The van der Waals surface area contributed by atoms with E-state index in [2.05, 4.69) is 52.1 Å². The van der Waals surface area contributed by atoms with Crippen molar-refractivity contribution < 1.29 is 5.11 Å². The summed E-state index contributed by atoms with van der Waals surface area (Å²) in [6, 6.07) is 10.1. The fraction of sp³-hybridized carbons (Fsp3) is 0.480. The molecule has 6 nitrogen and oxygen atoms in total. The second-order valence-corrected chi connectivity index (χ2v) is 10.1. The van der Waals surface area contributed by atoms with Gasteiger partial charge in [-0.1, -0.05) is 19.9 Å². The molecule has 1 unspecified atom stereocenters. The van der Waals surface area contributed by atoms with E-state index in [0.717, 1.165) is 23.5 Å². The number of phenols is 1. The van der Waals surface area contributed by atoms with Crippen LogP contribution in [0.3, 0.4) is 0 Å². The third-order valence-electron chi connectivity index (χ3n) is 7.47. The minimum absolute atomic E-state index is 0.192. The van der Waals surface area contributed by atoms with E-state index in [1.165, 1.54) is 32.1 Å². The van der Waals surface area contributed by atoms with Gasteiger partial charge in [0, 0.05) is 29.9 Å². The zero-order valence-electron chi connectivity index (χ0n) is 18.6. The SMILES string of the molecule is CCN(c1ccc(-c2ccc(-c3cn[nH]c3)cc2O)nn1)C1C[C@]2(C)CC[C@](C)(C1)C2. The maximum absolute atomic E-state index is 10.6. The molecule has 2 aliphatic carbocycles. The minimum Gasteiger partial charge on any atom is -0.507 e. The fourth-order valence-corrected chi connectivity index (χ4v) is 6.16. The van der Waals surface area contributed by atoms with Crippen molar-refractivity contribution in [2.45, 2.75) is 58.9 Å². The summed E-state index contributed by atoms with van der Waals surface area (Å²) >= 11 is 0. The van der Waals surface area contributed by atoms with E-state index in [1.54, 1.807) is 18.5 Å². The quantitative estimate of drug-likeness (QED) is 0.579. The molecule has 3 atom stereocenters. The Morgan fingerprint density at radius 2 is 1.84 bits per heavy atom. The number of benzene rings is 1. The normalized spacial score (nSPS) is 27.4. The predicted molar refractivity (Wildman–Crippen MR) is 123 cm³/mol. The Morgan fingerprint density at radius 1 is 1.06 bits per heavy atom. The van der Waals surface area contributed by atoms with Gasteiger partial charge >= 0.3 is 0 Å². The van der Waals surface area contributed by atoms with Gasteiger partial charge in [0.1, 0.15) is 5.75 Å². The molecule has 1 aromatic carbocycles. The monoisotopic (exact) mass is 417 g/mol. The molecule has 2 N–H and O–H groups in total. The number of aromatic hydroxyl groups is 1. The molecule has 2 heterocycles. The lowest BCUT2D eigenvalue weighted by molar-refractivity contribution is 0.146. The van der Waals surface area contributed by atoms with Crippen molar-refractivity contribution >= 4 is 5.82 Å². The van der Waals surface area contributed by atoms with E-state index < -0.39 is 0 Å². The average molecular weight is 418 g/mol. The number of aromatic amines is 1. The van der Waals surface area contributed by atoms with Gasteiger partial charge < -0.3 is 10.0 Å². The third-order valence-corrected chi connectivity index (χ3v) is 7.47. The molecule has 0 spiro atoms. The third kappa shape index (κ3) is 3.68. The number of anilines is 1. The highest BCUT2D eigenvalue weighted by Crippen LogP contribution is 2.59. The van der Waals surface area contributed by atoms with Crippen LogP contribution in [-0.4, -0.2) is 38.1 Å². The maximum atomic E-state index is 10.6. The molecule has 0 radical (unpaired) electrons. The standard InChI is InChI=1S/C25H31N5O/c1-4-30(19-12-24(2)9-10-25(3,13-19)16-24)23-8-7-21(28-29-23)20-6-5-17(11-22(20)31)18-14-26-27-15-18/h5-8,11,14-15,19,31H,4,9-10,12-13,16H2,1-3H3,(H,26,27)/t19?,24-,25+. The van der Waals surface area contributed by atoms with Crippen molar-refractivity contribution in [2.75, 3.05) is 11.4 Å². The van der Waals surface area contributed by atoms with Crippen molar-refractivity contribution in [3.05, 3.63) is 42.7 Å². The second kappa shape index (κ2) is 7.36. The summed E-state index contributed by atoms with van der Waals surface area (Å²) in [5.41, 5.74) is 4.13. The van der Waals surface area contributed by atoms with Gasteiger partial charge in [0.25, 0.3) is 0 Å². The molecular weight excluding hydrogens is 386 g/mol. The van der Waals surface area contributed by atoms with Crippen LogP contribution in [0, 0.1) is 10.8 Å². The van der Waals surface area contributed by atoms with Gasteiger partial charge in [0.15, 0.2) is 5.82 Å². The number of nitrogens with zero attached hydrogens (tertiary/aromatic N) is 4. The highest BCUT2D eigenvalue weighted by molar-refractivity contribution is 5.73. The minimum atomic E-state index is 0.192. The number of rotatable bonds is 5. The molecule has 162 valence electrons. The highest BCUT2D eigenvalue weighted by Gasteiger charge is 2.50. The van der Waals surface area contributed by atoms with Crippen LogP contribution in [0.2, 0.25) is 0 Å². The van der Waals surface area contributed by atoms with Gasteiger partial charge in [-0.2, -0.15) is 5.10 Å². The largest absolute Gasteiger partial charge is 0.507 e. The van der Waals surface area contributed by atoms with Crippen LogP contribution >= 0.6 is 0 Å². The smallest absolute Gasteiger partial charge is 0.151 e. The van der Waals surface area contributed by atoms with Crippen LogP contribution in [0.15, 0.2) is 42.7 Å². The molecule has 3 aromatic rings. The Labute approximate surface area is 183 Å². The molecule has 0 amide bonds. The summed E-state index contributed by atoms with van der Waals surface area (Å²) in [4.78, 5) is 2.43. The Kier molecular flexibility index (Phi) is 4.76. The Balaban J connectivity index is 1.38. The van der Waals surface area contributed by atoms with Gasteiger partial charge in [0.2, 0.25) is 0 Å². The van der Waals surface area contributed by atoms with Crippen LogP contribution in [-0.2, 0) is 0 Å². The van der Waals surface area contributed by atoms with E-state index >= 15 is 0 Å². The number of aromatic nitrogens is 4. The summed E-state index contributed by atoms with van der Waals surface area (Å²) in [7, 11) is 0. The first-order chi connectivity index (χ1) is 14.9. The number of hydrogen-bond acceptors (Lipinski definition) is 5. The van der Waals surface area contributed by atoms with Gasteiger partial charge in [-0.15, -0.1) is 10.2 Å². The lowest BCUT2D eigenvalue weighted by atomic mass is 9.68. The lowest BCUT2D eigenvalue weighted by Crippen LogP contribution is -2.44. The average Bonchev–Trinajstić information content (AvgIpc) is 3.35. The topological polar surface area (TPSA) is 77.9 Å². The summed E-state index contributed by atoms with van der Waals surface area (Å²) in [5.74, 6) is 1.12. The number of H-pyrrole nitrogens is 1. The van der Waals surface area contributed by atoms with Gasteiger partial charge in [-0.25, -0.2) is 0 Å². The number of fused-ring (bicyclic) bond motifs is 2. The number of phenolic OH excluding ortho intramolecular Hbond substituents is 1. The van der Waals surface area contributed by atoms with Crippen LogP contribution in [0.25, 0.3) is 22.4 Å². The molecule has 6 heteroatoms. The maximum Gasteiger partial charge on any atom is 0.151 e. The van der Waals surface area contributed by atoms with Crippen molar-refractivity contribution in [1.82, 2.24) is 20.4 Å². The predicted octanol–water partition coefficient (Wildman–Crippen LogP) is 5.42. The molecule has 2 fully saturated rings. The summed E-state index contributed by atoms with van der Waals surface area (Å²) in [5, 5.41) is 26.4. The van der Waals surface area contributed by atoms with Crippen molar-refractivity contribution in [2.24, 2.45) is 10.8 Å². The van der Waals surface area contributed by atoms with E-state index in [1.807, 2.05) is 18.2 Å². The molecule has 0 saturated heterocycles. The van der Waals surface area contributed by atoms with Crippen molar-refractivity contribution in [3.8, 4) is 28.1 Å². The molecule has 2 aromatic heterocycles. The Hall–Kier alpha value is -2.89. The molecule has 2 bridgehead atoms. The molecule has 2 saturated carbocycles. The first kappa shape index (κ1) is 20.0. The molecule has 2 aliphatic rings. The Morgan fingerprint density at radius 3 is 2.42 bits per heavy atom. The van der Waals surface area contributed by atoms with Gasteiger partial charge in [-0.05, 0) is 79.7 Å². The first-order valence-corrected chi connectivity index (χ1v) is 11.3. The molecular formula is C25H31N5O. The fourth-order valence-electron chi connectivity index (χ4n) is 6.16. The Bertz CT molecular complexity index is 1050. The van der Waals surface area contributed by atoms with E-state index in [-0.39, 0.29) is 5.75 Å². The van der Waals surface area contributed by atoms with Crippen LogP contribution < -0.4 is 4.90 Å². The van der Waals surface area contributed by atoms with Crippen molar-refractivity contribution in [3.63, 3.8) is 0 Å². The number of nitrogens with one attached hydrogen (secondary N) is 1. The van der Waals surface area contributed by atoms with Crippen LogP contribution in [0.5, 0.6) is 5.75 Å². The van der Waals surface area contributed by atoms with Crippen LogP contribution in [0.1, 0.15) is 52.9 Å². The first-order valence-electron chi connectivity index (χ1n) is 11.3. The summed E-state index contributed by atoms with van der Waals surface area (Å²) in [6.45, 7) is 8.05. The number of hydrogen-bond donors (Lipinski definition) is 2. The van der Waals surface area contributed by atoms with Gasteiger partial charge in [-0.3, -0.25) is 5.10 Å². The van der Waals surface area contributed by atoms with Crippen LogP contribution in [0.4, 0.5) is 5.82 Å². The zero-order chi connectivity index (χ0) is 21.6. The van der Waals surface area contributed by atoms with E-state index in [4.69, 9.17) is 0 Å². The zero-order valence-corrected chi connectivity index (χ0v) is 18.6. The molecule has 5 rings (SSSR count).